The summed E-state index contributed by atoms with van der Waals surface area (Å²) in [6.45, 7) is 6.51. The molecule has 86 valence electrons. The Morgan fingerprint density at radius 1 is 1.12 bits per heavy atom. The van der Waals surface area contributed by atoms with Crippen LogP contribution in [0, 0.1) is 0 Å². The average Bonchev–Trinajstić information content (AvgIpc) is 2.70. The maximum Gasteiger partial charge on any atom is 0.134 e. The molecular formula is C14H19NO. The minimum absolute atomic E-state index is 0.259. The van der Waals surface area contributed by atoms with Crippen LogP contribution in [0.25, 0.3) is 11.0 Å². The van der Waals surface area contributed by atoms with Crippen molar-refractivity contribution in [2.45, 2.75) is 32.7 Å². The lowest BCUT2D eigenvalue weighted by molar-refractivity contribution is 0.475. The van der Waals surface area contributed by atoms with Gasteiger partial charge in [-0.3, -0.25) is 0 Å². The lowest BCUT2D eigenvalue weighted by atomic mass is 10.0. The van der Waals surface area contributed by atoms with E-state index in [1.165, 1.54) is 10.9 Å². The Hall–Kier alpha value is -1.28. The lowest BCUT2D eigenvalue weighted by Crippen LogP contribution is -2.10. The molecule has 0 amide bonds. The van der Waals surface area contributed by atoms with Crippen molar-refractivity contribution in [3.05, 3.63) is 35.6 Å². The van der Waals surface area contributed by atoms with Gasteiger partial charge in [0.05, 0.1) is 6.04 Å². The SMILES string of the molecule is CNC(C)c1cc2cc(C(C)C)ccc2o1. The molecule has 1 aromatic heterocycles. The number of nitrogens with one attached hydrogen (secondary N) is 1. The van der Waals surface area contributed by atoms with Crippen molar-refractivity contribution in [3.63, 3.8) is 0 Å². The standard InChI is InChI=1S/C14H19NO/c1-9(2)11-5-6-13-12(7-11)8-14(16-13)10(3)15-4/h5-10,15H,1-4H3. The first-order valence-electron chi connectivity index (χ1n) is 5.82. The van der Waals surface area contributed by atoms with Gasteiger partial charge < -0.3 is 9.73 Å². The van der Waals surface area contributed by atoms with Crippen LogP contribution >= 0.6 is 0 Å². The van der Waals surface area contributed by atoms with Gasteiger partial charge in [-0.25, -0.2) is 0 Å². The highest BCUT2D eigenvalue weighted by molar-refractivity contribution is 5.79. The second-order valence-corrected chi connectivity index (χ2v) is 4.61. The van der Waals surface area contributed by atoms with Crippen molar-refractivity contribution in [2.75, 3.05) is 7.05 Å². The Bertz CT molecular complexity index is 484. The van der Waals surface area contributed by atoms with Gasteiger partial charge in [-0.05, 0) is 43.7 Å². The zero-order chi connectivity index (χ0) is 11.7. The van der Waals surface area contributed by atoms with Crippen LogP contribution in [-0.4, -0.2) is 7.05 Å². The quantitative estimate of drug-likeness (QED) is 0.845. The molecule has 1 atom stereocenters. The van der Waals surface area contributed by atoms with Gasteiger partial charge in [-0.15, -0.1) is 0 Å². The van der Waals surface area contributed by atoms with Gasteiger partial charge in [0.2, 0.25) is 0 Å². The van der Waals surface area contributed by atoms with Crippen LogP contribution < -0.4 is 5.32 Å². The highest BCUT2D eigenvalue weighted by Gasteiger charge is 2.10. The monoisotopic (exact) mass is 217 g/mol. The van der Waals surface area contributed by atoms with E-state index < -0.39 is 0 Å². The van der Waals surface area contributed by atoms with E-state index in [4.69, 9.17) is 4.42 Å². The largest absolute Gasteiger partial charge is 0.459 e. The minimum atomic E-state index is 0.259. The molecule has 2 heteroatoms. The molecule has 1 unspecified atom stereocenters. The van der Waals surface area contributed by atoms with E-state index >= 15 is 0 Å². The first-order chi connectivity index (χ1) is 7.61. The number of furan rings is 1. The Morgan fingerprint density at radius 2 is 1.88 bits per heavy atom. The van der Waals surface area contributed by atoms with Gasteiger partial charge in [-0.2, -0.15) is 0 Å². The van der Waals surface area contributed by atoms with Crippen LogP contribution in [0.15, 0.2) is 28.7 Å². The predicted octanol–water partition coefficient (Wildman–Crippen LogP) is 3.84. The summed E-state index contributed by atoms with van der Waals surface area (Å²) in [5.41, 5.74) is 2.33. The van der Waals surface area contributed by atoms with E-state index in [1.807, 2.05) is 7.05 Å². The number of hydrogen-bond acceptors (Lipinski definition) is 2. The molecule has 1 aromatic carbocycles. The van der Waals surface area contributed by atoms with E-state index in [-0.39, 0.29) is 6.04 Å². The average molecular weight is 217 g/mol. The van der Waals surface area contributed by atoms with Crippen molar-refractivity contribution >= 4 is 11.0 Å². The number of rotatable bonds is 3. The fourth-order valence-electron chi connectivity index (χ4n) is 1.80. The summed E-state index contributed by atoms with van der Waals surface area (Å²) in [5, 5.41) is 4.38. The van der Waals surface area contributed by atoms with Crippen molar-refractivity contribution in [1.82, 2.24) is 5.32 Å². The van der Waals surface area contributed by atoms with Gasteiger partial charge in [0.25, 0.3) is 0 Å². The van der Waals surface area contributed by atoms with Crippen molar-refractivity contribution in [1.29, 1.82) is 0 Å². The second kappa shape index (κ2) is 4.30. The molecule has 2 nitrogen and oxygen atoms in total. The molecular weight excluding hydrogens is 198 g/mol. The molecule has 1 N–H and O–H groups in total. The van der Waals surface area contributed by atoms with Crippen LogP contribution in [0.5, 0.6) is 0 Å². The zero-order valence-electron chi connectivity index (χ0n) is 10.4. The maximum atomic E-state index is 5.79. The molecule has 0 spiro atoms. The third-order valence-electron chi connectivity index (χ3n) is 3.09. The molecule has 1 heterocycles. The molecule has 0 radical (unpaired) electrons. The van der Waals surface area contributed by atoms with Crippen molar-refractivity contribution in [2.24, 2.45) is 0 Å². The van der Waals surface area contributed by atoms with Gasteiger partial charge in [0.1, 0.15) is 11.3 Å². The topological polar surface area (TPSA) is 25.2 Å². The number of benzene rings is 1. The van der Waals surface area contributed by atoms with Gasteiger partial charge >= 0.3 is 0 Å². The maximum absolute atomic E-state index is 5.79. The Labute approximate surface area is 96.6 Å². The molecule has 0 saturated heterocycles. The Morgan fingerprint density at radius 3 is 2.50 bits per heavy atom. The Kier molecular flexibility index (Phi) is 3.01. The van der Waals surface area contributed by atoms with E-state index in [9.17, 15) is 0 Å². The van der Waals surface area contributed by atoms with E-state index in [2.05, 4.69) is 50.4 Å². The second-order valence-electron chi connectivity index (χ2n) is 4.61. The number of fused-ring (bicyclic) bond motifs is 1. The summed E-state index contributed by atoms with van der Waals surface area (Å²) in [6, 6.07) is 8.81. The fraction of sp³-hybridized carbons (Fsp3) is 0.429. The molecule has 0 aliphatic heterocycles. The third-order valence-corrected chi connectivity index (χ3v) is 3.09. The summed E-state index contributed by atoms with van der Waals surface area (Å²) < 4.78 is 5.79. The minimum Gasteiger partial charge on any atom is -0.459 e. The summed E-state index contributed by atoms with van der Waals surface area (Å²) in [7, 11) is 1.94. The van der Waals surface area contributed by atoms with Gasteiger partial charge in [0, 0.05) is 5.39 Å². The molecule has 0 aliphatic rings. The van der Waals surface area contributed by atoms with E-state index in [0.29, 0.717) is 5.92 Å². The molecule has 0 bridgehead atoms. The molecule has 16 heavy (non-hydrogen) atoms. The summed E-state index contributed by atoms with van der Waals surface area (Å²) in [6.07, 6.45) is 0. The molecule has 0 fully saturated rings. The summed E-state index contributed by atoms with van der Waals surface area (Å²) in [4.78, 5) is 0. The lowest BCUT2D eigenvalue weighted by Gasteiger charge is -2.04. The van der Waals surface area contributed by atoms with E-state index in [1.54, 1.807) is 0 Å². The highest BCUT2D eigenvalue weighted by Crippen LogP contribution is 2.26. The van der Waals surface area contributed by atoms with Crippen molar-refractivity contribution < 1.29 is 4.42 Å². The number of hydrogen-bond donors (Lipinski definition) is 1. The van der Waals surface area contributed by atoms with Crippen LogP contribution in [0.1, 0.15) is 44.1 Å². The van der Waals surface area contributed by atoms with Crippen LogP contribution in [0.4, 0.5) is 0 Å². The van der Waals surface area contributed by atoms with Gasteiger partial charge in [-0.1, -0.05) is 19.9 Å². The highest BCUT2D eigenvalue weighted by atomic mass is 16.3. The zero-order valence-corrected chi connectivity index (χ0v) is 10.4. The first kappa shape index (κ1) is 11.2. The Balaban J connectivity index is 2.46. The molecule has 2 rings (SSSR count). The molecule has 0 saturated carbocycles. The fourth-order valence-corrected chi connectivity index (χ4v) is 1.80. The molecule has 0 aliphatic carbocycles. The molecule has 2 aromatic rings. The third kappa shape index (κ3) is 1.98. The van der Waals surface area contributed by atoms with Gasteiger partial charge in [0.15, 0.2) is 0 Å². The normalized spacial score (nSPS) is 13.6. The summed E-state index contributed by atoms with van der Waals surface area (Å²) in [5.74, 6) is 1.56. The van der Waals surface area contributed by atoms with Crippen LogP contribution in [-0.2, 0) is 0 Å². The smallest absolute Gasteiger partial charge is 0.134 e. The van der Waals surface area contributed by atoms with E-state index in [0.717, 1.165) is 11.3 Å². The van der Waals surface area contributed by atoms with Crippen LogP contribution in [0.3, 0.4) is 0 Å². The predicted molar refractivity (Wildman–Crippen MR) is 67.8 cm³/mol. The van der Waals surface area contributed by atoms with Crippen LogP contribution in [0.2, 0.25) is 0 Å². The van der Waals surface area contributed by atoms with Crippen molar-refractivity contribution in [3.8, 4) is 0 Å². The summed E-state index contributed by atoms with van der Waals surface area (Å²) >= 11 is 0. The first-order valence-corrected chi connectivity index (χ1v) is 5.82.